The first kappa shape index (κ1) is 22.9. The van der Waals surface area contributed by atoms with E-state index >= 15 is 0 Å². The first-order valence-electron chi connectivity index (χ1n) is 11.0. The van der Waals surface area contributed by atoms with E-state index in [0.29, 0.717) is 35.2 Å². The van der Waals surface area contributed by atoms with Gasteiger partial charge in [0, 0.05) is 24.7 Å². The lowest BCUT2D eigenvalue weighted by atomic mass is 10.00. The van der Waals surface area contributed by atoms with Crippen LogP contribution in [0, 0.1) is 0 Å². The number of para-hydroxylation sites is 1. The summed E-state index contributed by atoms with van der Waals surface area (Å²) in [4.78, 5) is 4.46. The van der Waals surface area contributed by atoms with E-state index in [4.69, 9.17) is 21.1 Å². The zero-order valence-electron chi connectivity index (χ0n) is 18.2. The fraction of sp³-hybridized carbons (Fsp3) is 0.435. The summed E-state index contributed by atoms with van der Waals surface area (Å²) in [5, 5.41) is 4.70. The number of ether oxygens (including phenoxy) is 2. The van der Waals surface area contributed by atoms with Crippen molar-refractivity contribution < 1.29 is 17.9 Å². The Kier molecular flexibility index (Phi) is 6.50. The Morgan fingerprint density at radius 2 is 1.82 bits per heavy atom. The third-order valence-electron chi connectivity index (χ3n) is 6.23. The number of rotatable bonds is 8. The summed E-state index contributed by atoms with van der Waals surface area (Å²) in [6.45, 7) is 1.26. The average Bonchev–Trinajstić information content (AvgIpc) is 3.31. The van der Waals surface area contributed by atoms with E-state index in [1.165, 1.54) is 17.6 Å². The van der Waals surface area contributed by atoms with E-state index in [2.05, 4.69) is 10.3 Å². The van der Waals surface area contributed by atoms with Crippen molar-refractivity contribution in [2.75, 3.05) is 19.4 Å². The number of hydrogen-bond donors (Lipinski definition) is 1. The van der Waals surface area contributed by atoms with Gasteiger partial charge >= 0.3 is 0 Å². The van der Waals surface area contributed by atoms with Crippen LogP contribution in [-0.2, 0) is 10.0 Å². The summed E-state index contributed by atoms with van der Waals surface area (Å²) in [5.41, 5.74) is 0.751. The summed E-state index contributed by atoms with van der Waals surface area (Å²) in [5.74, 6) is 1.45. The molecule has 1 aromatic heterocycles. The maximum Gasteiger partial charge on any atom is 0.279 e. The highest BCUT2D eigenvalue weighted by Gasteiger charge is 2.44. The maximum absolute atomic E-state index is 12.0. The van der Waals surface area contributed by atoms with E-state index in [1.54, 1.807) is 4.31 Å². The molecule has 0 spiro atoms. The molecule has 0 amide bonds. The van der Waals surface area contributed by atoms with Crippen molar-refractivity contribution in [3.8, 4) is 16.7 Å². The summed E-state index contributed by atoms with van der Waals surface area (Å²) < 4.78 is 38.5. The van der Waals surface area contributed by atoms with Gasteiger partial charge in [0.05, 0.1) is 16.0 Å². The van der Waals surface area contributed by atoms with Crippen LogP contribution in [0.15, 0.2) is 42.5 Å². The van der Waals surface area contributed by atoms with Gasteiger partial charge in [-0.2, -0.15) is 4.31 Å². The molecule has 2 aliphatic rings. The standard InChI is InChI=1S/C23H26ClN3O4S2/c1-33(28,29)27-16-5-6-17(27)14-15(13-16)25-11-12-30-18-7-9-19(10-8-18)31-23-26-22-20(24)3-2-4-21(22)32-23/h2-4,7-10,15-17,25H,5-6,11-14H2,1H3/t15-,16+,17-. The number of sulfonamides is 1. The predicted molar refractivity (Wildman–Crippen MR) is 131 cm³/mol. The van der Waals surface area contributed by atoms with Gasteiger partial charge in [0.1, 0.15) is 23.6 Å². The number of piperidine rings is 1. The van der Waals surface area contributed by atoms with Crippen LogP contribution in [-0.4, -0.2) is 55.2 Å². The van der Waals surface area contributed by atoms with Crippen LogP contribution < -0.4 is 14.8 Å². The van der Waals surface area contributed by atoms with Gasteiger partial charge in [0.15, 0.2) is 0 Å². The molecular formula is C23H26ClN3O4S2. The van der Waals surface area contributed by atoms with E-state index in [9.17, 15) is 8.42 Å². The molecule has 0 unspecified atom stereocenters. The molecule has 10 heteroatoms. The van der Waals surface area contributed by atoms with Crippen LogP contribution in [0.25, 0.3) is 10.2 Å². The van der Waals surface area contributed by atoms with Crippen molar-refractivity contribution in [1.82, 2.24) is 14.6 Å². The first-order chi connectivity index (χ1) is 15.9. The first-order valence-corrected chi connectivity index (χ1v) is 14.1. The number of halogens is 1. The van der Waals surface area contributed by atoms with Gasteiger partial charge in [-0.15, -0.1) is 0 Å². The number of benzene rings is 2. The molecule has 7 nitrogen and oxygen atoms in total. The van der Waals surface area contributed by atoms with E-state index in [-0.39, 0.29) is 12.1 Å². The molecule has 2 saturated heterocycles. The molecule has 0 radical (unpaired) electrons. The number of nitrogens with zero attached hydrogens (tertiary/aromatic N) is 2. The highest BCUT2D eigenvalue weighted by Crippen LogP contribution is 2.37. The molecular weight excluding hydrogens is 482 g/mol. The zero-order valence-corrected chi connectivity index (χ0v) is 20.6. The number of nitrogens with one attached hydrogen (secondary N) is 1. The lowest BCUT2D eigenvalue weighted by Gasteiger charge is -2.37. The summed E-state index contributed by atoms with van der Waals surface area (Å²) in [6.07, 6.45) is 4.99. The maximum atomic E-state index is 12.0. The fourth-order valence-electron chi connectivity index (χ4n) is 4.92. The summed E-state index contributed by atoms with van der Waals surface area (Å²) >= 11 is 7.64. The van der Waals surface area contributed by atoms with Crippen LogP contribution in [0.2, 0.25) is 5.02 Å². The molecule has 1 N–H and O–H groups in total. The largest absolute Gasteiger partial charge is 0.492 e. The minimum absolute atomic E-state index is 0.135. The highest BCUT2D eigenvalue weighted by atomic mass is 35.5. The van der Waals surface area contributed by atoms with E-state index < -0.39 is 10.0 Å². The van der Waals surface area contributed by atoms with Gasteiger partial charge in [-0.05, 0) is 62.1 Å². The van der Waals surface area contributed by atoms with Crippen molar-refractivity contribution in [3.05, 3.63) is 47.5 Å². The molecule has 2 fully saturated rings. The third kappa shape index (κ3) is 5.12. The summed E-state index contributed by atoms with van der Waals surface area (Å²) in [6, 6.07) is 13.8. The van der Waals surface area contributed by atoms with Crippen LogP contribution in [0.3, 0.4) is 0 Å². The summed E-state index contributed by atoms with van der Waals surface area (Å²) in [7, 11) is -3.12. The van der Waals surface area contributed by atoms with Gasteiger partial charge in [-0.25, -0.2) is 13.4 Å². The Balaban J connectivity index is 1.08. The average molecular weight is 508 g/mol. The van der Waals surface area contributed by atoms with Crippen molar-refractivity contribution in [1.29, 1.82) is 0 Å². The molecule has 2 aliphatic heterocycles. The number of thiazole rings is 1. The second kappa shape index (κ2) is 9.38. The van der Waals surface area contributed by atoms with Crippen LogP contribution >= 0.6 is 22.9 Å². The van der Waals surface area contributed by atoms with Gasteiger partial charge in [0.2, 0.25) is 10.0 Å². The Labute approximate surface area is 202 Å². The Morgan fingerprint density at radius 1 is 1.12 bits per heavy atom. The van der Waals surface area contributed by atoms with Gasteiger partial charge in [-0.1, -0.05) is 29.0 Å². The normalized spacial score (nSPS) is 23.2. The van der Waals surface area contributed by atoms with Crippen LogP contribution in [0.4, 0.5) is 0 Å². The topological polar surface area (TPSA) is 80.8 Å². The Bertz CT molecular complexity index is 1220. The highest BCUT2D eigenvalue weighted by molar-refractivity contribution is 7.88. The Morgan fingerprint density at radius 3 is 2.48 bits per heavy atom. The molecule has 3 heterocycles. The van der Waals surface area contributed by atoms with E-state index in [0.717, 1.165) is 41.6 Å². The fourth-order valence-corrected chi connectivity index (χ4v) is 7.52. The van der Waals surface area contributed by atoms with Crippen LogP contribution in [0.1, 0.15) is 25.7 Å². The molecule has 3 aromatic rings. The number of aromatic nitrogens is 1. The van der Waals surface area contributed by atoms with Crippen molar-refractivity contribution in [2.45, 2.75) is 43.8 Å². The second-order valence-electron chi connectivity index (χ2n) is 8.59. The predicted octanol–water partition coefficient (Wildman–Crippen LogP) is 4.67. The second-order valence-corrected chi connectivity index (χ2v) is 11.9. The molecule has 176 valence electrons. The number of fused-ring (bicyclic) bond motifs is 3. The van der Waals surface area contributed by atoms with Gasteiger partial charge in [-0.3, -0.25) is 0 Å². The SMILES string of the molecule is CS(=O)(=O)N1[C@@H]2CC[C@H]1C[C@@H](NCCOc1ccc(Oc3nc4c(Cl)cccc4s3)cc1)C2. The quantitative estimate of drug-likeness (QED) is 0.446. The van der Waals surface area contributed by atoms with Crippen molar-refractivity contribution in [3.63, 3.8) is 0 Å². The third-order valence-corrected chi connectivity index (χ3v) is 8.80. The monoisotopic (exact) mass is 507 g/mol. The minimum atomic E-state index is -3.12. The lowest BCUT2D eigenvalue weighted by molar-refractivity contribution is 0.201. The molecule has 0 aliphatic carbocycles. The smallest absolute Gasteiger partial charge is 0.279 e. The molecule has 0 saturated carbocycles. The molecule has 33 heavy (non-hydrogen) atoms. The van der Waals surface area contributed by atoms with Crippen molar-refractivity contribution >= 4 is 43.2 Å². The molecule has 5 rings (SSSR count). The lowest BCUT2D eigenvalue weighted by Crippen LogP contribution is -2.51. The minimum Gasteiger partial charge on any atom is -0.492 e. The zero-order chi connectivity index (χ0) is 23.0. The van der Waals surface area contributed by atoms with Crippen LogP contribution in [0.5, 0.6) is 16.7 Å². The molecule has 2 aromatic carbocycles. The van der Waals surface area contributed by atoms with Gasteiger partial charge < -0.3 is 14.8 Å². The van der Waals surface area contributed by atoms with E-state index in [1.807, 2.05) is 42.5 Å². The van der Waals surface area contributed by atoms with Gasteiger partial charge in [0.25, 0.3) is 5.19 Å². The van der Waals surface area contributed by atoms with Crippen molar-refractivity contribution in [2.24, 2.45) is 0 Å². The Hall–Kier alpha value is -1.91. The molecule has 2 bridgehead atoms. The number of hydrogen-bond acceptors (Lipinski definition) is 7. The molecule has 3 atom stereocenters.